The molecule has 0 unspecified atom stereocenters. The Hall–Kier alpha value is -3.28. The van der Waals surface area contributed by atoms with E-state index in [1.165, 1.54) is 17.8 Å². The minimum atomic E-state index is -4.09. The van der Waals surface area contributed by atoms with Gasteiger partial charge < -0.3 is 15.0 Å². The van der Waals surface area contributed by atoms with Crippen LogP contribution >= 0.6 is 23.4 Å². The van der Waals surface area contributed by atoms with Crippen LogP contribution < -0.4 is 10.0 Å². The molecule has 0 fully saturated rings. The number of aliphatic carboxylic acids is 1. The maximum Gasteiger partial charge on any atom is 0.334 e. The maximum absolute atomic E-state index is 12.9. The van der Waals surface area contributed by atoms with Crippen molar-refractivity contribution in [1.29, 1.82) is 0 Å². The van der Waals surface area contributed by atoms with E-state index in [0.29, 0.717) is 41.4 Å². The van der Waals surface area contributed by atoms with Crippen LogP contribution in [0.5, 0.6) is 0 Å². The number of hydrogen-bond donors (Lipinski definition) is 3. The monoisotopic (exact) mass is 546 g/mol. The van der Waals surface area contributed by atoms with Crippen LogP contribution in [0.25, 0.3) is 16.2 Å². The largest absolute Gasteiger partial charge is 0.478 e. The van der Waals surface area contributed by atoms with E-state index in [1.54, 1.807) is 41.2 Å². The summed E-state index contributed by atoms with van der Waals surface area (Å²) in [6, 6.07) is 12.9. The molecule has 0 aliphatic carbocycles. The topological polar surface area (TPSA) is 130 Å². The first kappa shape index (κ1) is 25.8. The second-order valence-electron chi connectivity index (χ2n) is 7.97. The quantitative estimate of drug-likeness (QED) is 0.387. The summed E-state index contributed by atoms with van der Waals surface area (Å²) >= 11 is 7.71. The van der Waals surface area contributed by atoms with Crippen molar-refractivity contribution < 1.29 is 23.1 Å². The molecular formula is C24H23ClN4O5S2. The number of fused-ring (bicyclic) bond motifs is 1. The third-order valence-corrected chi connectivity index (χ3v) is 8.25. The number of nitrogens with zero attached hydrogens (tertiary/aromatic N) is 2. The van der Waals surface area contributed by atoms with Gasteiger partial charge in [-0.05, 0) is 23.6 Å². The summed E-state index contributed by atoms with van der Waals surface area (Å²) in [5.74, 6) is -0.800. The van der Waals surface area contributed by atoms with Crippen LogP contribution in [0.15, 0.2) is 70.4 Å². The van der Waals surface area contributed by atoms with Crippen molar-refractivity contribution in [3.05, 3.63) is 71.7 Å². The lowest BCUT2D eigenvalue weighted by Gasteiger charge is -2.16. The highest BCUT2D eigenvalue weighted by Crippen LogP contribution is 2.39. The smallest absolute Gasteiger partial charge is 0.334 e. The van der Waals surface area contributed by atoms with E-state index in [9.17, 15) is 23.1 Å². The molecule has 3 N–H and O–H groups in total. The summed E-state index contributed by atoms with van der Waals surface area (Å²) in [7, 11) is -4.09. The highest BCUT2D eigenvalue weighted by Gasteiger charge is 2.27. The number of amides is 2. The van der Waals surface area contributed by atoms with Crippen LogP contribution in [0.3, 0.4) is 0 Å². The molecule has 0 atom stereocenters. The summed E-state index contributed by atoms with van der Waals surface area (Å²) in [6.07, 6.45) is 2.30. The minimum Gasteiger partial charge on any atom is -0.478 e. The number of rotatable bonds is 8. The molecule has 2 amide bonds. The predicted molar refractivity (Wildman–Crippen MR) is 138 cm³/mol. The van der Waals surface area contributed by atoms with Crippen LogP contribution in [0.1, 0.15) is 24.6 Å². The Balaban J connectivity index is 1.58. The van der Waals surface area contributed by atoms with E-state index < -0.39 is 22.0 Å². The summed E-state index contributed by atoms with van der Waals surface area (Å²) < 4.78 is 29.6. The molecule has 188 valence electrons. The second-order valence-corrected chi connectivity index (χ2v) is 11.0. The standard InChI is InChI=1S/C24H23ClN4O5S2/c1-2-11-26-24(32)28-36(33,34)19-6-4-3-5-17(19)16-9-7-15(8-10-16)12-29-14-27-22-21(29)20(25)18(13-35-22)23(30)31/h3-10,14H,2,11-13H2,1H3,(H,30,31)(H2,26,28,32). The van der Waals surface area contributed by atoms with Crippen molar-refractivity contribution >= 4 is 50.4 Å². The van der Waals surface area contributed by atoms with Gasteiger partial charge in [0.25, 0.3) is 10.0 Å². The molecule has 36 heavy (non-hydrogen) atoms. The fourth-order valence-electron chi connectivity index (χ4n) is 3.69. The Kier molecular flexibility index (Phi) is 7.72. The van der Waals surface area contributed by atoms with Gasteiger partial charge >= 0.3 is 12.0 Å². The molecule has 1 aliphatic heterocycles. The molecule has 1 aromatic heterocycles. The molecule has 0 bridgehead atoms. The Morgan fingerprint density at radius 3 is 2.58 bits per heavy atom. The lowest BCUT2D eigenvalue weighted by atomic mass is 10.0. The minimum absolute atomic E-state index is 0.0109. The third kappa shape index (κ3) is 5.43. The third-order valence-electron chi connectivity index (χ3n) is 5.45. The number of carbonyl (C=O) groups excluding carboxylic acids is 1. The molecule has 1 aliphatic rings. The van der Waals surface area contributed by atoms with Crippen LogP contribution in [0.2, 0.25) is 0 Å². The van der Waals surface area contributed by atoms with Gasteiger partial charge in [0.05, 0.1) is 27.5 Å². The molecule has 3 aromatic rings. The van der Waals surface area contributed by atoms with Crippen LogP contribution in [0, 0.1) is 0 Å². The highest BCUT2D eigenvalue weighted by atomic mass is 35.5. The van der Waals surface area contributed by atoms with Crippen molar-refractivity contribution in [3.63, 3.8) is 0 Å². The van der Waals surface area contributed by atoms with E-state index in [0.717, 1.165) is 5.56 Å². The molecule has 0 radical (unpaired) electrons. The zero-order valence-corrected chi connectivity index (χ0v) is 21.6. The first-order chi connectivity index (χ1) is 17.2. The van der Waals surface area contributed by atoms with Gasteiger partial charge in [-0.15, -0.1) is 0 Å². The molecule has 0 spiro atoms. The number of nitrogens with one attached hydrogen (secondary N) is 2. The van der Waals surface area contributed by atoms with E-state index in [1.807, 2.05) is 19.1 Å². The Morgan fingerprint density at radius 2 is 1.89 bits per heavy atom. The Labute approximate surface area is 217 Å². The second kappa shape index (κ2) is 10.8. The number of benzene rings is 2. The van der Waals surface area contributed by atoms with Crippen molar-refractivity contribution in [2.75, 3.05) is 12.3 Å². The number of aromatic nitrogens is 2. The number of carbonyl (C=O) groups is 2. The van der Waals surface area contributed by atoms with Gasteiger partial charge in [-0.3, -0.25) is 0 Å². The van der Waals surface area contributed by atoms with E-state index in [-0.39, 0.29) is 21.3 Å². The number of imidazole rings is 1. The van der Waals surface area contributed by atoms with Gasteiger partial charge in [0.2, 0.25) is 0 Å². The first-order valence-electron chi connectivity index (χ1n) is 11.0. The first-order valence-corrected chi connectivity index (χ1v) is 13.8. The summed E-state index contributed by atoms with van der Waals surface area (Å²) in [5, 5.41) is 12.8. The predicted octanol–water partition coefficient (Wildman–Crippen LogP) is 4.14. The van der Waals surface area contributed by atoms with Gasteiger partial charge in [-0.2, -0.15) is 0 Å². The van der Waals surface area contributed by atoms with Crippen molar-refractivity contribution in [3.8, 4) is 11.1 Å². The number of halogens is 1. The summed E-state index contributed by atoms with van der Waals surface area (Å²) in [5.41, 5.74) is 2.70. The van der Waals surface area contributed by atoms with Gasteiger partial charge in [-0.25, -0.2) is 27.7 Å². The number of thioether (sulfide) groups is 1. The zero-order chi connectivity index (χ0) is 25.9. The number of urea groups is 1. The molecule has 9 nitrogen and oxygen atoms in total. The SMILES string of the molecule is CCCNC(=O)NS(=O)(=O)c1ccccc1-c1ccc(Cn2cnc3c2C(Cl)=C(C(=O)O)CS3)cc1. The molecule has 2 heterocycles. The number of sulfonamides is 1. The van der Waals surface area contributed by atoms with E-state index in [4.69, 9.17) is 11.6 Å². The molecule has 4 rings (SSSR count). The van der Waals surface area contributed by atoms with Gasteiger partial charge in [0.1, 0.15) is 5.03 Å². The van der Waals surface area contributed by atoms with Gasteiger partial charge in [0.15, 0.2) is 0 Å². The van der Waals surface area contributed by atoms with Crippen molar-refractivity contribution in [2.45, 2.75) is 29.8 Å². The highest BCUT2D eigenvalue weighted by molar-refractivity contribution is 7.99. The Bertz CT molecular complexity index is 1450. The van der Waals surface area contributed by atoms with Gasteiger partial charge in [-0.1, -0.05) is 72.8 Å². The van der Waals surface area contributed by atoms with Crippen LogP contribution in [0.4, 0.5) is 4.79 Å². The molecule has 12 heteroatoms. The fraction of sp³-hybridized carbons (Fsp3) is 0.208. The van der Waals surface area contributed by atoms with E-state index >= 15 is 0 Å². The molecule has 2 aromatic carbocycles. The molecular weight excluding hydrogens is 524 g/mol. The molecule has 0 saturated carbocycles. The van der Waals surface area contributed by atoms with Crippen molar-refractivity contribution in [1.82, 2.24) is 19.6 Å². The van der Waals surface area contributed by atoms with Crippen LogP contribution in [-0.2, 0) is 21.4 Å². The van der Waals surface area contributed by atoms with Crippen molar-refractivity contribution in [2.24, 2.45) is 0 Å². The molecule has 0 saturated heterocycles. The zero-order valence-electron chi connectivity index (χ0n) is 19.2. The fourth-order valence-corrected chi connectivity index (χ4v) is 6.36. The number of carboxylic acids is 1. The van der Waals surface area contributed by atoms with Gasteiger partial charge in [0, 0.05) is 24.4 Å². The van der Waals surface area contributed by atoms with Crippen LogP contribution in [-0.4, -0.2) is 47.4 Å². The maximum atomic E-state index is 12.9. The Morgan fingerprint density at radius 1 is 1.17 bits per heavy atom. The number of hydrogen-bond acceptors (Lipinski definition) is 6. The average Bonchev–Trinajstić information content (AvgIpc) is 3.26. The van der Waals surface area contributed by atoms with E-state index in [2.05, 4.69) is 15.0 Å². The summed E-state index contributed by atoms with van der Waals surface area (Å²) in [6.45, 7) is 2.63. The normalized spacial score (nSPS) is 13.3. The lowest BCUT2D eigenvalue weighted by molar-refractivity contribution is -0.132. The average molecular weight is 547 g/mol. The number of carboxylic acid groups (broad SMARTS) is 1. The summed E-state index contributed by atoms with van der Waals surface area (Å²) in [4.78, 5) is 27.8. The lowest BCUT2D eigenvalue weighted by Crippen LogP contribution is -2.39.